The Morgan fingerprint density at radius 3 is 2.57 bits per heavy atom. The summed E-state index contributed by atoms with van der Waals surface area (Å²) in [6, 6.07) is 19.2. The van der Waals surface area contributed by atoms with E-state index in [-0.39, 0.29) is 6.61 Å². The van der Waals surface area contributed by atoms with Crippen molar-refractivity contribution in [1.29, 1.82) is 0 Å². The van der Waals surface area contributed by atoms with Crippen LogP contribution in [0.15, 0.2) is 65.1 Å². The molecule has 0 heterocycles. The molecule has 0 radical (unpaired) electrons. The molecule has 3 rings (SSSR count). The molecule has 0 aromatic heterocycles. The van der Waals surface area contributed by atoms with E-state index in [1.54, 1.807) is 6.07 Å². The molecule has 0 saturated carbocycles. The SMILES string of the molecule is Cc1ccc(OC(=O)COc2ccc3ccccc3c2)c(Br)c1. The standard InChI is InChI=1S/C19H15BrO3/c1-13-6-9-18(17(20)10-13)23-19(21)12-22-16-8-7-14-4-2-3-5-15(14)11-16/h2-11H,12H2,1H3. The second kappa shape index (κ2) is 6.84. The lowest BCUT2D eigenvalue weighted by atomic mass is 10.1. The molecule has 3 aromatic carbocycles. The van der Waals surface area contributed by atoms with Crippen LogP contribution in [0.25, 0.3) is 10.8 Å². The molecule has 0 fully saturated rings. The summed E-state index contributed by atoms with van der Waals surface area (Å²) in [5, 5.41) is 2.20. The summed E-state index contributed by atoms with van der Waals surface area (Å²) in [4.78, 5) is 11.9. The number of carbonyl (C=O) groups is 1. The van der Waals surface area contributed by atoms with E-state index in [1.807, 2.05) is 61.5 Å². The van der Waals surface area contributed by atoms with Crippen LogP contribution in [0.2, 0.25) is 0 Å². The maximum absolute atomic E-state index is 11.9. The molecule has 116 valence electrons. The molecule has 23 heavy (non-hydrogen) atoms. The molecule has 3 aromatic rings. The molecular weight excluding hydrogens is 356 g/mol. The van der Waals surface area contributed by atoms with Gasteiger partial charge in [-0.05, 0) is 63.5 Å². The fraction of sp³-hybridized carbons (Fsp3) is 0.105. The number of halogens is 1. The lowest BCUT2D eigenvalue weighted by Gasteiger charge is -2.09. The summed E-state index contributed by atoms with van der Waals surface area (Å²) in [5.41, 5.74) is 1.09. The van der Waals surface area contributed by atoms with E-state index in [2.05, 4.69) is 15.9 Å². The maximum atomic E-state index is 11.9. The van der Waals surface area contributed by atoms with Gasteiger partial charge in [0.05, 0.1) is 4.47 Å². The molecule has 0 aliphatic rings. The average molecular weight is 371 g/mol. The van der Waals surface area contributed by atoms with Crippen LogP contribution in [0.3, 0.4) is 0 Å². The van der Waals surface area contributed by atoms with Crippen LogP contribution in [-0.2, 0) is 4.79 Å². The number of hydrogen-bond donors (Lipinski definition) is 0. The van der Waals surface area contributed by atoms with Crippen LogP contribution >= 0.6 is 15.9 Å². The molecule has 0 unspecified atom stereocenters. The summed E-state index contributed by atoms with van der Waals surface area (Å²) in [6.07, 6.45) is 0. The topological polar surface area (TPSA) is 35.5 Å². The van der Waals surface area contributed by atoms with Crippen LogP contribution in [0.4, 0.5) is 0 Å². The fourth-order valence-electron chi connectivity index (χ4n) is 2.24. The summed E-state index contributed by atoms with van der Waals surface area (Å²) in [6.45, 7) is 1.83. The van der Waals surface area contributed by atoms with Gasteiger partial charge < -0.3 is 9.47 Å². The van der Waals surface area contributed by atoms with Crippen molar-refractivity contribution in [2.75, 3.05) is 6.61 Å². The molecule has 0 amide bonds. The van der Waals surface area contributed by atoms with E-state index in [1.165, 1.54) is 0 Å². The number of fused-ring (bicyclic) bond motifs is 1. The maximum Gasteiger partial charge on any atom is 0.349 e. The first-order valence-electron chi connectivity index (χ1n) is 7.20. The molecule has 0 bridgehead atoms. The fourth-order valence-corrected chi connectivity index (χ4v) is 2.81. The molecule has 0 atom stereocenters. The Bertz CT molecular complexity index is 858. The molecule has 0 aliphatic heterocycles. The van der Waals surface area contributed by atoms with Gasteiger partial charge in [-0.15, -0.1) is 0 Å². The summed E-state index contributed by atoms with van der Waals surface area (Å²) >= 11 is 3.38. The van der Waals surface area contributed by atoms with Gasteiger partial charge in [0.1, 0.15) is 11.5 Å². The number of aryl methyl sites for hydroxylation is 1. The first-order valence-corrected chi connectivity index (χ1v) is 7.99. The normalized spacial score (nSPS) is 10.5. The quantitative estimate of drug-likeness (QED) is 0.484. The predicted octanol–water partition coefficient (Wildman–Crippen LogP) is 4.90. The summed E-state index contributed by atoms with van der Waals surface area (Å²) in [5.74, 6) is 0.689. The average Bonchev–Trinajstić information content (AvgIpc) is 2.55. The van der Waals surface area contributed by atoms with Gasteiger partial charge in [0.15, 0.2) is 6.61 Å². The second-order valence-electron chi connectivity index (χ2n) is 5.21. The van der Waals surface area contributed by atoms with Crippen LogP contribution in [0.1, 0.15) is 5.56 Å². The Morgan fingerprint density at radius 2 is 1.78 bits per heavy atom. The van der Waals surface area contributed by atoms with Crippen molar-refractivity contribution in [1.82, 2.24) is 0 Å². The first kappa shape index (κ1) is 15.6. The number of benzene rings is 3. The van der Waals surface area contributed by atoms with Gasteiger partial charge in [0.2, 0.25) is 0 Å². The van der Waals surface area contributed by atoms with E-state index in [9.17, 15) is 4.79 Å². The van der Waals surface area contributed by atoms with E-state index in [0.717, 1.165) is 20.8 Å². The highest BCUT2D eigenvalue weighted by atomic mass is 79.9. The van der Waals surface area contributed by atoms with Gasteiger partial charge >= 0.3 is 5.97 Å². The zero-order chi connectivity index (χ0) is 16.2. The van der Waals surface area contributed by atoms with E-state index in [4.69, 9.17) is 9.47 Å². The van der Waals surface area contributed by atoms with E-state index in [0.29, 0.717) is 11.5 Å². The third-order valence-electron chi connectivity index (χ3n) is 3.39. The smallest absolute Gasteiger partial charge is 0.349 e. The van der Waals surface area contributed by atoms with Crippen LogP contribution in [-0.4, -0.2) is 12.6 Å². The molecule has 0 saturated heterocycles. The van der Waals surface area contributed by atoms with Crippen LogP contribution in [0, 0.1) is 6.92 Å². The Balaban J connectivity index is 1.63. The Labute approximate surface area is 143 Å². The van der Waals surface area contributed by atoms with Crippen LogP contribution < -0.4 is 9.47 Å². The van der Waals surface area contributed by atoms with Crippen molar-refractivity contribution in [3.05, 3.63) is 70.7 Å². The number of ether oxygens (including phenoxy) is 2. The Morgan fingerprint density at radius 1 is 1.00 bits per heavy atom. The van der Waals surface area contributed by atoms with E-state index >= 15 is 0 Å². The first-order chi connectivity index (χ1) is 11.1. The Hall–Kier alpha value is -2.33. The molecule has 0 aliphatic carbocycles. The van der Waals surface area contributed by atoms with Gasteiger partial charge in [-0.2, -0.15) is 0 Å². The van der Waals surface area contributed by atoms with Crippen molar-refractivity contribution in [3.63, 3.8) is 0 Å². The van der Waals surface area contributed by atoms with Crippen molar-refractivity contribution >= 4 is 32.7 Å². The number of esters is 1. The minimum absolute atomic E-state index is 0.140. The number of carbonyl (C=O) groups excluding carboxylic acids is 1. The molecule has 0 spiro atoms. The van der Waals surface area contributed by atoms with E-state index < -0.39 is 5.97 Å². The highest BCUT2D eigenvalue weighted by Gasteiger charge is 2.09. The Kier molecular flexibility index (Phi) is 4.63. The zero-order valence-electron chi connectivity index (χ0n) is 12.6. The van der Waals surface area contributed by atoms with Crippen molar-refractivity contribution < 1.29 is 14.3 Å². The largest absolute Gasteiger partial charge is 0.482 e. The molecule has 3 nitrogen and oxygen atoms in total. The number of rotatable bonds is 4. The van der Waals surface area contributed by atoms with Crippen molar-refractivity contribution in [2.24, 2.45) is 0 Å². The highest BCUT2D eigenvalue weighted by molar-refractivity contribution is 9.10. The van der Waals surface area contributed by atoms with Gasteiger partial charge in [0, 0.05) is 0 Å². The van der Waals surface area contributed by atoms with Gasteiger partial charge in [-0.3, -0.25) is 0 Å². The van der Waals surface area contributed by atoms with Crippen LogP contribution in [0.5, 0.6) is 11.5 Å². The third kappa shape index (κ3) is 3.90. The van der Waals surface area contributed by atoms with Gasteiger partial charge in [0.25, 0.3) is 0 Å². The van der Waals surface area contributed by atoms with Gasteiger partial charge in [-0.1, -0.05) is 36.4 Å². The minimum atomic E-state index is -0.442. The third-order valence-corrected chi connectivity index (χ3v) is 4.01. The molecule has 0 N–H and O–H groups in total. The summed E-state index contributed by atoms with van der Waals surface area (Å²) in [7, 11) is 0. The van der Waals surface area contributed by atoms with Crippen molar-refractivity contribution in [3.8, 4) is 11.5 Å². The molecule has 4 heteroatoms. The molecular formula is C19H15BrO3. The number of hydrogen-bond acceptors (Lipinski definition) is 3. The lowest BCUT2D eigenvalue weighted by molar-refractivity contribution is -0.136. The highest BCUT2D eigenvalue weighted by Crippen LogP contribution is 2.26. The lowest BCUT2D eigenvalue weighted by Crippen LogP contribution is -2.17. The second-order valence-corrected chi connectivity index (χ2v) is 6.06. The van der Waals surface area contributed by atoms with Gasteiger partial charge in [-0.25, -0.2) is 4.79 Å². The predicted molar refractivity (Wildman–Crippen MR) is 94.0 cm³/mol. The zero-order valence-corrected chi connectivity index (χ0v) is 14.2. The minimum Gasteiger partial charge on any atom is -0.482 e. The summed E-state index contributed by atoms with van der Waals surface area (Å²) < 4.78 is 11.6. The monoisotopic (exact) mass is 370 g/mol. The van der Waals surface area contributed by atoms with Crippen molar-refractivity contribution in [2.45, 2.75) is 6.92 Å².